The highest BCUT2D eigenvalue weighted by molar-refractivity contribution is 7.89. The average molecular weight is 443 g/mol. The molecule has 1 saturated heterocycles. The summed E-state index contributed by atoms with van der Waals surface area (Å²) in [5, 5.41) is 12.2. The van der Waals surface area contributed by atoms with Gasteiger partial charge in [0.05, 0.1) is 5.92 Å². The van der Waals surface area contributed by atoms with Crippen LogP contribution >= 0.6 is 0 Å². The van der Waals surface area contributed by atoms with Crippen LogP contribution in [0.3, 0.4) is 0 Å². The fourth-order valence-electron chi connectivity index (χ4n) is 5.16. The van der Waals surface area contributed by atoms with E-state index >= 15 is 0 Å². The summed E-state index contributed by atoms with van der Waals surface area (Å²) in [6.07, 6.45) is 0.215. The number of rotatable bonds is 4. The van der Waals surface area contributed by atoms with E-state index in [-0.39, 0.29) is 18.5 Å². The number of carboxylic acids is 1. The summed E-state index contributed by atoms with van der Waals surface area (Å²) in [4.78, 5) is 12.2. The molecule has 1 fully saturated rings. The number of aliphatic carboxylic acids is 1. The molecule has 4 atom stereocenters. The fraction of sp³-hybridized carbons (Fsp3) is 0.458. The Balaban J connectivity index is 1.86. The number of nitrogens with zero attached hydrogens (tertiary/aromatic N) is 1. The van der Waals surface area contributed by atoms with E-state index in [2.05, 4.69) is 11.4 Å². The van der Waals surface area contributed by atoms with Gasteiger partial charge in [-0.2, -0.15) is 4.31 Å². The molecule has 1 aliphatic heterocycles. The van der Waals surface area contributed by atoms with E-state index in [1.165, 1.54) is 9.87 Å². The van der Waals surface area contributed by atoms with Crippen LogP contribution < -0.4 is 5.32 Å². The first-order valence-electron chi connectivity index (χ1n) is 10.8. The van der Waals surface area contributed by atoms with E-state index in [4.69, 9.17) is 0 Å². The van der Waals surface area contributed by atoms with Crippen molar-refractivity contribution >= 4 is 16.0 Å². The van der Waals surface area contributed by atoms with E-state index < -0.39 is 27.2 Å². The topological polar surface area (TPSA) is 86.7 Å². The number of fused-ring (bicyclic) bond motifs is 1. The number of hydrogen-bond acceptors (Lipinski definition) is 4. The molecule has 31 heavy (non-hydrogen) atoms. The van der Waals surface area contributed by atoms with E-state index in [1.807, 2.05) is 52.0 Å². The van der Waals surface area contributed by atoms with Crippen molar-refractivity contribution in [2.45, 2.75) is 51.4 Å². The Kier molecular flexibility index (Phi) is 5.70. The van der Waals surface area contributed by atoms with Gasteiger partial charge in [0, 0.05) is 25.2 Å². The third-order valence-corrected chi connectivity index (χ3v) is 9.34. The molecule has 6 nitrogen and oxygen atoms in total. The van der Waals surface area contributed by atoms with Crippen molar-refractivity contribution in [1.29, 1.82) is 0 Å². The van der Waals surface area contributed by atoms with Gasteiger partial charge in [0.15, 0.2) is 0 Å². The third kappa shape index (κ3) is 3.69. The molecule has 0 saturated carbocycles. The number of piperazine rings is 1. The zero-order valence-electron chi connectivity index (χ0n) is 18.4. The maximum absolute atomic E-state index is 13.9. The maximum atomic E-state index is 13.9. The summed E-state index contributed by atoms with van der Waals surface area (Å²) in [5.41, 5.74) is 5.71. The molecule has 0 radical (unpaired) electrons. The first-order valence-corrected chi connectivity index (χ1v) is 12.3. The molecule has 4 rings (SSSR count). The number of nitrogens with one attached hydrogen (secondary N) is 1. The van der Waals surface area contributed by atoms with Gasteiger partial charge in [-0.3, -0.25) is 4.79 Å². The van der Waals surface area contributed by atoms with Gasteiger partial charge in [0.2, 0.25) is 10.0 Å². The van der Waals surface area contributed by atoms with Crippen LogP contribution in [-0.2, 0) is 21.2 Å². The molecular weight excluding hydrogens is 412 g/mol. The number of sulfonamides is 1. The summed E-state index contributed by atoms with van der Waals surface area (Å²) in [7, 11) is -3.87. The Morgan fingerprint density at radius 2 is 1.74 bits per heavy atom. The SMILES string of the molecule is Cc1ccc(-c2cccc3c2CC(C(=O)O)C3S(=O)(=O)N2C(C)CNCC2C)cc1C. The van der Waals surface area contributed by atoms with Crippen LogP contribution in [0.5, 0.6) is 0 Å². The summed E-state index contributed by atoms with van der Waals surface area (Å²) in [5.74, 6) is -2.06. The van der Waals surface area contributed by atoms with Crippen molar-refractivity contribution < 1.29 is 18.3 Å². The number of aryl methyl sites for hydroxylation is 2. The van der Waals surface area contributed by atoms with E-state index in [0.717, 1.165) is 22.3 Å². The van der Waals surface area contributed by atoms with Crippen LogP contribution in [0.4, 0.5) is 0 Å². The lowest BCUT2D eigenvalue weighted by molar-refractivity contribution is -0.141. The lowest BCUT2D eigenvalue weighted by atomic mass is 9.94. The highest BCUT2D eigenvalue weighted by Gasteiger charge is 2.50. The molecule has 2 N–H and O–H groups in total. The molecule has 1 aliphatic carbocycles. The van der Waals surface area contributed by atoms with Crippen LogP contribution in [0.1, 0.15) is 41.4 Å². The molecule has 7 heteroatoms. The fourth-order valence-corrected chi connectivity index (χ4v) is 7.74. The lowest BCUT2D eigenvalue weighted by Gasteiger charge is -2.40. The Labute approximate surface area is 184 Å². The Morgan fingerprint density at radius 1 is 1.06 bits per heavy atom. The average Bonchev–Trinajstić information content (AvgIpc) is 3.11. The monoisotopic (exact) mass is 442 g/mol. The second-order valence-corrected chi connectivity index (χ2v) is 10.9. The van der Waals surface area contributed by atoms with Crippen molar-refractivity contribution in [3.63, 3.8) is 0 Å². The Bertz CT molecular complexity index is 1120. The van der Waals surface area contributed by atoms with E-state index in [9.17, 15) is 18.3 Å². The number of carbonyl (C=O) groups is 1. The normalized spacial score (nSPS) is 26.6. The first-order chi connectivity index (χ1) is 14.6. The van der Waals surface area contributed by atoms with Gasteiger partial charge in [-0.1, -0.05) is 36.4 Å². The highest BCUT2D eigenvalue weighted by atomic mass is 32.2. The van der Waals surface area contributed by atoms with Gasteiger partial charge >= 0.3 is 5.97 Å². The minimum Gasteiger partial charge on any atom is -0.481 e. The smallest absolute Gasteiger partial charge is 0.308 e. The number of benzene rings is 2. The summed E-state index contributed by atoms with van der Waals surface area (Å²) in [6, 6.07) is 11.3. The zero-order valence-corrected chi connectivity index (χ0v) is 19.2. The van der Waals surface area contributed by atoms with Crippen molar-refractivity contribution in [3.8, 4) is 11.1 Å². The van der Waals surface area contributed by atoms with Gasteiger partial charge in [-0.25, -0.2) is 8.42 Å². The number of carboxylic acid groups (broad SMARTS) is 1. The second kappa shape index (κ2) is 8.04. The van der Waals surface area contributed by atoms with Gasteiger partial charge in [0.1, 0.15) is 5.25 Å². The molecule has 4 unspecified atom stereocenters. The zero-order chi connectivity index (χ0) is 22.5. The standard InChI is InChI=1S/C24H30N2O4S/c1-14-8-9-18(10-15(14)2)19-6-5-7-20-21(19)11-22(24(27)28)23(20)31(29,30)26-16(3)12-25-13-17(26)4/h5-10,16-17,22-23,25H,11-13H2,1-4H3,(H,27,28). The molecule has 2 aromatic rings. The Hall–Kier alpha value is -2.22. The van der Waals surface area contributed by atoms with E-state index in [1.54, 1.807) is 6.07 Å². The van der Waals surface area contributed by atoms with Crippen LogP contribution in [0.2, 0.25) is 0 Å². The molecule has 2 aromatic carbocycles. The molecule has 0 amide bonds. The van der Waals surface area contributed by atoms with Crippen LogP contribution in [-0.4, -0.2) is 49.0 Å². The van der Waals surface area contributed by atoms with Crippen molar-refractivity contribution in [2.75, 3.05) is 13.1 Å². The highest BCUT2D eigenvalue weighted by Crippen LogP contribution is 2.47. The van der Waals surface area contributed by atoms with Crippen LogP contribution in [0, 0.1) is 19.8 Å². The molecule has 2 aliphatic rings. The minimum atomic E-state index is -3.87. The van der Waals surface area contributed by atoms with Crippen molar-refractivity contribution in [2.24, 2.45) is 5.92 Å². The van der Waals surface area contributed by atoms with Crippen LogP contribution in [0.15, 0.2) is 36.4 Å². The van der Waals surface area contributed by atoms with Gasteiger partial charge < -0.3 is 10.4 Å². The molecule has 0 spiro atoms. The predicted molar refractivity (Wildman–Crippen MR) is 121 cm³/mol. The van der Waals surface area contributed by atoms with Gasteiger partial charge in [-0.15, -0.1) is 0 Å². The van der Waals surface area contributed by atoms with E-state index in [0.29, 0.717) is 18.7 Å². The summed E-state index contributed by atoms with van der Waals surface area (Å²) >= 11 is 0. The maximum Gasteiger partial charge on any atom is 0.308 e. The molecular formula is C24H30N2O4S. The molecule has 0 bridgehead atoms. The summed E-state index contributed by atoms with van der Waals surface area (Å²) in [6.45, 7) is 8.96. The second-order valence-electron chi connectivity index (χ2n) is 8.97. The molecule has 1 heterocycles. The van der Waals surface area contributed by atoms with Gasteiger partial charge in [0.25, 0.3) is 0 Å². The minimum absolute atomic E-state index is 0.215. The van der Waals surface area contributed by atoms with Crippen molar-refractivity contribution in [1.82, 2.24) is 9.62 Å². The first kappa shape index (κ1) is 22.0. The Morgan fingerprint density at radius 3 is 2.35 bits per heavy atom. The quantitative estimate of drug-likeness (QED) is 0.759. The predicted octanol–water partition coefficient (Wildman–Crippen LogP) is 3.28. The molecule has 166 valence electrons. The third-order valence-electron chi connectivity index (χ3n) is 6.81. The van der Waals surface area contributed by atoms with Gasteiger partial charge in [-0.05, 0) is 67.5 Å². The summed E-state index contributed by atoms with van der Waals surface area (Å²) < 4.78 is 29.3. The van der Waals surface area contributed by atoms with Crippen molar-refractivity contribution in [3.05, 3.63) is 58.7 Å². The van der Waals surface area contributed by atoms with Crippen LogP contribution in [0.25, 0.3) is 11.1 Å². The lowest BCUT2D eigenvalue weighted by Crippen LogP contribution is -2.58. The largest absolute Gasteiger partial charge is 0.481 e. The number of hydrogen-bond donors (Lipinski definition) is 2. The molecule has 0 aromatic heterocycles.